The van der Waals surface area contributed by atoms with Crippen LogP contribution in [0.4, 0.5) is 0 Å². The standard InChI is InChI=1S/C15H21N3O/c1-10(2)15(4,16)14-18-17-13(19-14)9-12-7-5-6-11(3)8-12/h5-8,10H,9,16H2,1-4H3. The van der Waals surface area contributed by atoms with Crippen molar-refractivity contribution >= 4 is 0 Å². The molecular weight excluding hydrogens is 238 g/mol. The van der Waals surface area contributed by atoms with Gasteiger partial charge in [-0.25, -0.2) is 0 Å². The Morgan fingerprint density at radius 1 is 1.32 bits per heavy atom. The van der Waals surface area contributed by atoms with Crippen LogP contribution in [0.2, 0.25) is 0 Å². The van der Waals surface area contributed by atoms with Crippen molar-refractivity contribution in [2.45, 2.75) is 39.7 Å². The second kappa shape index (κ2) is 5.13. The van der Waals surface area contributed by atoms with Gasteiger partial charge in [0.05, 0.1) is 12.0 Å². The Labute approximate surface area is 114 Å². The molecule has 1 unspecified atom stereocenters. The van der Waals surface area contributed by atoms with Gasteiger partial charge in [-0.15, -0.1) is 10.2 Å². The van der Waals surface area contributed by atoms with Crippen LogP contribution in [0.5, 0.6) is 0 Å². The van der Waals surface area contributed by atoms with Crippen LogP contribution in [0.25, 0.3) is 0 Å². The fourth-order valence-electron chi connectivity index (χ4n) is 1.79. The second-order valence-electron chi connectivity index (χ2n) is 5.60. The van der Waals surface area contributed by atoms with E-state index in [-0.39, 0.29) is 5.92 Å². The molecule has 19 heavy (non-hydrogen) atoms. The van der Waals surface area contributed by atoms with Crippen molar-refractivity contribution in [2.24, 2.45) is 11.7 Å². The Bertz CT molecular complexity index is 558. The second-order valence-corrected chi connectivity index (χ2v) is 5.60. The van der Waals surface area contributed by atoms with Crippen LogP contribution >= 0.6 is 0 Å². The zero-order valence-electron chi connectivity index (χ0n) is 12.0. The number of hydrogen-bond donors (Lipinski definition) is 1. The zero-order valence-corrected chi connectivity index (χ0v) is 12.0. The third-order valence-corrected chi connectivity index (χ3v) is 3.56. The molecule has 2 rings (SSSR count). The summed E-state index contributed by atoms with van der Waals surface area (Å²) in [6.45, 7) is 8.08. The van der Waals surface area contributed by atoms with Crippen LogP contribution in [0, 0.1) is 12.8 Å². The normalized spacial score (nSPS) is 14.6. The average molecular weight is 259 g/mol. The van der Waals surface area contributed by atoms with E-state index in [1.54, 1.807) is 0 Å². The van der Waals surface area contributed by atoms with E-state index in [2.05, 4.69) is 35.3 Å². The van der Waals surface area contributed by atoms with Crippen molar-refractivity contribution in [1.29, 1.82) is 0 Å². The van der Waals surface area contributed by atoms with Crippen LogP contribution in [0.15, 0.2) is 28.7 Å². The molecule has 0 aliphatic heterocycles. The van der Waals surface area contributed by atoms with Crippen molar-refractivity contribution in [2.75, 3.05) is 0 Å². The first kappa shape index (κ1) is 13.7. The Kier molecular flexibility index (Phi) is 3.71. The van der Waals surface area contributed by atoms with Gasteiger partial charge in [0.2, 0.25) is 11.8 Å². The topological polar surface area (TPSA) is 64.9 Å². The molecule has 4 nitrogen and oxygen atoms in total. The summed E-state index contributed by atoms with van der Waals surface area (Å²) in [7, 11) is 0. The van der Waals surface area contributed by atoms with Crippen LogP contribution in [-0.4, -0.2) is 10.2 Å². The number of aryl methyl sites for hydroxylation is 1. The highest BCUT2D eigenvalue weighted by atomic mass is 16.4. The minimum atomic E-state index is -0.585. The Hall–Kier alpha value is -1.68. The first-order valence-electron chi connectivity index (χ1n) is 6.57. The molecule has 0 aliphatic rings. The number of benzene rings is 1. The molecule has 102 valence electrons. The van der Waals surface area contributed by atoms with E-state index in [1.807, 2.05) is 26.8 Å². The smallest absolute Gasteiger partial charge is 0.236 e. The van der Waals surface area contributed by atoms with Crippen molar-refractivity contribution in [1.82, 2.24) is 10.2 Å². The van der Waals surface area contributed by atoms with Gasteiger partial charge in [-0.2, -0.15) is 0 Å². The van der Waals surface area contributed by atoms with Gasteiger partial charge in [0, 0.05) is 0 Å². The van der Waals surface area contributed by atoms with Crippen molar-refractivity contribution < 1.29 is 4.42 Å². The average Bonchev–Trinajstić information content (AvgIpc) is 2.78. The molecule has 0 saturated carbocycles. The van der Waals surface area contributed by atoms with Gasteiger partial charge in [0.1, 0.15) is 0 Å². The molecule has 4 heteroatoms. The lowest BCUT2D eigenvalue weighted by atomic mass is 9.90. The predicted octanol–water partition coefficient (Wildman–Crippen LogP) is 2.80. The first-order valence-corrected chi connectivity index (χ1v) is 6.57. The zero-order chi connectivity index (χ0) is 14.0. The van der Waals surface area contributed by atoms with E-state index in [0.29, 0.717) is 18.2 Å². The molecule has 0 aliphatic carbocycles. The summed E-state index contributed by atoms with van der Waals surface area (Å²) in [5.74, 6) is 1.35. The lowest BCUT2D eigenvalue weighted by Crippen LogP contribution is -2.38. The quantitative estimate of drug-likeness (QED) is 0.917. The van der Waals surface area contributed by atoms with E-state index in [1.165, 1.54) is 11.1 Å². The van der Waals surface area contributed by atoms with Crippen LogP contribution in [0.3, 0.4) is 0 Å². The van der Waals surface area contributed by atoms with E-state index in [9.17, 15) is 0 Å². The Morgan fingerprint density at radius 3 is 2.68 bits per heavy atom. The van der Waals surface area contributed by atoms with Crippen LogP contribution in [-0.2, 0) is 12.0 Å². The van der Waals surface area contributed by atoms with Gasteiger partial charge >= 0.3 is 0 Å². The fourth-order valence-corrected chi connectivity index (χ4v) is 1.79. The van der Waals surface area contributed by atoms with Crippen molar-refractivity contribution in [3.8, 4) is 0 Å². The molecule has 1 atom stereocenters. The number of nitrogens with zero attached hydrogens (tertiary/aromatic N) is 2. The molecule has 2 aromatic rings. The largest absolute Gasteiger partial charge is 0.423 e. The van der Waals surface area contributed by atoms with Crippen LogP contribution in [0.1, 0.15) is 43.7 Å². The van der Waals surface area contributed by atoms with Gasteiger partial charge in [0.15, 0.2) is 0 Å². The summed E-state index contributed by atoms with van der Waals surface area (Å²) in [5, 5.41) is 8.18. The van der Waals surface area contributed by atoms with Gasteiger partial charge in [-0.05, 0) is 25.3 Å². The summed E-state index contributed by atoms with van der Waals surface area (Å²) < 4.78 is 5.71. The SMILES string of the molecule is Cc1cccc(Cc2nnc(C(C)(N)C(C)C)o2)c1. The number of hydrogen-bond acceptors (Lipinski definition) is 4. The van der Waals surface area contributed by atoms with Crippen molar-refractivity contribution in [3.63, 3.8) is 0 Å². The molecule has 0 saturated heterocycles. The maximum Gasteiger partial charge on any atom is 0.236 e. The van der Waals surface area contributed by atoms with Gasteiger partial charge in [0.25, 0.3) is 0 Å². The summed E-state index contributed by atoms with van der Waals surface area (Å²) in [4.78, 5) is 0. The molecule has 0 amide bonds. The van der Waals surface area contributed by atoms with E-state index < -0.39 is 5.54 Å². The lowest BCUT2D eigenvalue weighted by molar-refractivity contribution is 0.266. The minimum Gasteiger partial charge on any atom is -0.423 e. The fraction of sp³-hybridized carbons (Fsp3) is 0.467. The molecule has 1 aromatic carbocycles. The van der Waals surface area contributed by atoms with Gasteiger partial charge < -0.3 is 10.2 Å². The van der Waals surface area contributed by atoms with Crippen LogP contribution < -0.4 is 5.73 Å². The summed E-state index contributed by atoms with van der Waals surface area (Å²) in [6.07, 6.45) is 0.642. The molecular formula is C15H21N3O. The van der Waals surface area contributed by atoms with E-state index >= 15 is 0 Å². The monoisotopic (exact) mass is 259 g/mol. The summed E-state index contributed by atoms with van der Waals surface area (Å²) in [5.41, 5.74) is 8.02. The first-order chi connectivity index (χ1) is 8.89. The Balaban J connectivity index is 2.18. The molecule has 1 heterocycles. The highest BCUT2D eigenvalue weighted by molar-refractivity contribution is 5.24. The molecule has 0 spiro atoms. The Morgan fingerprint density at radius 2 is 2.05 bits per heavy atom. The lowest BCUT2D eigenvalue weighted by Gasteiger charge is -2.24. The summed E-state index contributed by atoms with van der Waals surface area (Å²) >= 11 is 0. The van der Waals surface area contributed by atoms with Gasteiger partial charge in [-0.3, -0.25) is 0 Å². The number of rotatable bonds is 4. The molecule has 1 aromatic heterocycles. The maximum absolute atomic E-state index is 6.22. The third kappa shape index (κ3) is 3.01. The number of nitrogens with two attached hydrogens (primary N) is 1. The molecule has 2 N–H and O–H groups in total. The van der Waals surface area contributed by atoms with Gasteiger partial charge in [-0.1, -0.05) is 43.7 Å². The van der Waals surface area contributed by atoms with E-state index in [4.69, 9.17) is 10.2 Å². The molecule has 0 fully saturated rings. The number of aromatic nitrogens is 2. The molecule has 0 radical (unpaired) electrons. The highest BCUT2D eigenvalue weighted by Gasteiger charge is 2.31. The van der Waals surface area contributed by atoms with E-state index in [0.717, 1.165) is 0 Å². The summed E-state index contributed by atoms with van der Waals surface area (Å²) in [6, 6.07) is 8.27. The predicted molar refractivity (Wildman–Crippen MR) is 74.7 cm³/mol. The maximum atomic E-state index is 6.22. The highest BCUT2D eigenvalue weighted by Crippen LogP contribution is 2.25. The molecule has 0 bridgehead atoms. The van der Waals surface area contributed by atoms with Crippen molar-refractivity contribution in [3.05, 3.63) is 47.2 Å². The minimum absolute atomic E-state index is 0.236. The third-order valence-electron chi connectivity index (χ3n) is 3.56.